The summed E-state index contributed by atoms with van der Waals surface area (Å²) in [6.07, 6.45) is 4.20. The Kier molecular flexibility index (Phi) is 8.97. The number of hydrogen-bond acceptors (Lipinski definition) is 4. The zero-order valence-corrected chi connectivity index (χ0v) is 19.4. The summed E-state index contributed by atoms with van der Waals surface area (Å²) in [5.41, 5.74) is 2.72. The maximum absolute atomic E-state index is 5.89. The summed E-state index contributed by atoms with van der Waals surface area (Å²) in [5.74, 6) is 0.910. The molecule has 0 bridgehead atoms. The van der Waals surface area contributed by atoms with E-state index in [1.54, 1.807) is 0 Å². The van der Waals surface area contributed by atoms with Crippen molar-refractivity contribution in [1.29, 1.82) is 0 Å². The largest absolute Gasteiger partial charge is 0.373 e. The average molecular weight is 416 g/mol. The zero-order valence-electron chi connectivity index (χ0n) is 19.4. The van der Waals surface area contributed by atoms with E-state index in [1.165, 1.54) is 50.0 Å². The Morgan fingerprint density at radius 3 is 2.37 bits per heavy atom. The SMILES string of the molecule is CCCN1CCC(NC(=NC)NCc2ccccc2CN2CC(C)OC(C)C2)CC1. The molecule has 1 aromatic rings. The van der Waals surface area contributed by atoms with Crippen molar-refractivity contribution in [2.45, 2.75) is 71.4 Å². The van der Waals surface area contributed by atoms with Crippen molar-refractivity contribution in [3.8, 4) is 0 Å². The summed E-state index contributed by atoms with van der Waals surface area (Å²) in [4.78, 5) is 9.55. The van der Waals surface area contributed by atoms with Gasteiger partial charge in [-0.1, -0.05) is 31.2 Å². The molecule has 1 aromatic carbocycles. The van der Waals surface area contributed by atoms with E-state index in [1.807, 2.05) is 7.05 Å². The third kappa shape index (κ3) is 6.96. The van der Waals surface area contributed by atoms with Gasteiger partial charge in [0.15, 0.2) is 5.96 Å². The van der Waals surface area contributed by atoms with E-state index >= 15 is 0 Å². The highest BCUT2D eigenvalue weighted by molar-refractivity contribution is 5.80. The molecule has 0 radical (unpaired) electrons. The Hall–Kier alpha value is -1.63. The molecule has 168 valence electrons. The minimum Gasteiger partial charge on any atom is -0.373 e. The lowest BCUT2D eigenvalue weighted by molar-refractivity contribution is -0.0705. The van der Waals surface area contributed by atoms with Crippen molar-refractivity contribution in [1.82, 2.24) is 20.4 Å². The molecule has 0 aliphatic carbocycles. The first-order chi connectivity index (χ1) is 14.6. The molecule has 2 atom stereocenters. The first-order valence-electron chi connectivity index (χ1n) is 11.7. The van der Waals surface area contributed by atoms with E-state index < -0.39 is 0 Å². The van der Waals surface area contributed by atoms with E-state index in [2.05, 4.69) is 70.5 Å². The van der Waals surface area contributed by atoms with E-state index in [4.69, 9.17) is 4.74 Å². The van der Waals surface area contributed by atoms with Crippen molar-refractivity contribution in [2.24, 2.45) is 4.99 Å². The van der Waals surface area contributed by atoms with Crippen molar-refractivity contribution >= 4 is 5.96 Å². The van der Waals surface area contributed by atoms with Crippen LogP contribution in [0.2, 0.25) is 0 Å². The standard InChI is InChI=1S/C24H41N5O/c1-5-12-28-13-10-23(11-14-28)27-24(25-4)26-15-21-8-6-7-9-22(21)18-29-16-19(2)30-20(3)17-29/h6-9,19-20,23H,5,10-18H2,1-4H3,(H2,25,26,27). The number of nitrogens with zero attached hydrogens (tertiary/aromatic N) is 3. The third-order valence-electron chi connectivity index (χ3n) is 6.15. The molecule has 0 aromatic heterocycles. The number of likely N-dealkylation sites (tertiary alicyclic amines) is 1. The quantitative estimate of drug-likeness (QED) is 0.530. The molecular weight excluding hydrogens is 374 g/mol. The van der Waals surface area contributed by atoms with E-state index in [9.17, 15) is 0 Å². The van der Waals surface area contributed by atoms with Gasteiger partial charge < -0.3 is 20.3 Å². The summed E-state index contributed by atoms with van der Waals surface area (Å²) in [6.45, 7) is 13.9. The van der Waals surface area contributed by atoms with Crippen LogP contribution in [0.25, 0.3) is 0 Å². The number of nitrogens with one attached hydrogen (secondary N) is 2. The van der Waals surface area contributed by atoms with Crippen LogP contribution in [-0.4, -0.2) is 73.8 Å². The lowest BCUT2D eigenvalue weighted by atomic mass is 10.0. The van der Waals surface area contributed by atoms with Gasteiger partial charge in [0.25, 0.3) is 0 Å². The molecule has 0 amide bonds. The van der Waals surface area contributed by atoms with Gasteiger partial charge in [-0.25, -0.2) is 0 Å². The summed E-state index contributed by atoms with van der Waals surface area (Å²) in [5, 5.41) is 7.18. The number of aliphatic imine (C=N–C) groups is 1. The van der Waals surface area contributed by atoms with Crippen molar-refractivity contribution < 1.29 is 4.74 Å². The van der Waals surface area contributed by atoms with Gasteiger partial charge in [0.05, 0.1) is 12.2 Å². The Morgan fingerprint density at radius 1 is 1.07 bits per heavy atom. The molecular formula is C24H41N5O. The fraction of sp³-hybridized carbons (Fsp3) is 0.708. The van der Waals surface area contributed by atoms with Gasteiger partial charge in [-0.3, -0.25) is 9.89 Å². The van der Waals surface area contributed by atoms with Crippen LogP contribution in [-0.2, 0) is 17.8 Å². The van der Waals surface area contributed by atoms with E-state index in [0.717, 1.165) is 32.1 Å². The van der Waals surface area contributed by atoms with Crippen LogP contribution >= 0.6 is 0 Å². The van der Waals surface area contributed by atoms with Gasteiger partial charge in [0.1, 0.15) is 0 Å². The second kappa shape index (κ2) is 11.7. The van der Waals surface area contributed by atoms with Gasteiger partial charge in [0, 0.05) is 52.4 Å². The van der Waals surface area contributed by atoms with Gasteiger partial charge in [-0.05, 0) is 50.8 Å². The fourth-order valence-corrected chi connectivity index (χ4v) is 4.72. The highest BCUT2D eigenvalue weighted by atomic mass is 16.5. The van der Waals surface area contributed by atoms with Crippen LogP contribution in [0.15, 0.2) is 29.3 Å². The molecule has 0 saturated carbocycles. The van der Waals surface area contributed by atoms with Gasteiger partial charge >= 0.3 is 0 Å². The molecule has 2 aliphatic rings. The normalized spacial score (nSPS) is 24.7. The zero-order chi connectivity index (χ0) is 21.3. The number of benzene rings is 1. The van der Waals surface area contributed by atoms with Crippen LogP contribution in [0.4, 0.5) is 0 Å². The minimum absolute atomic E-state index is 0.297. The lowest BCUT2D eigenvalue weighted by Crippen LogP contribution is -2.48. The second-order valence-electron chi connectivity index (χ2n) is 8.91. The molecule has 2 heterocycles. The Balaban J connectivity index is 1.51. The number of ether oxygens (including phenoxy) is 1. The van der Waals surface area contributed by atoms with Gasteiger partial charge in [-0.15, -0.1) is 0 Å². The molecule has 6 nitrogen and oxygen atoms in total. The van der Waals surface area contributed by atoms with Crippen LogP contribution in [0.5, 0.6) is 0 Å². The number of piperidine rings is 1. The highest BCUT2D eigenvalue weighted by Gasteiger charge is 2.23. The minimum atomic E-state index is 0.297. The smallest absolute Gasteiger partial charge is 0.191 e. The second-order valence-corrected chi connectivity index (χ2v) is 8.91. The predicted octanol–water partition coefficient (Wildman–Crippen LogP) is 2.84. The van der Waals surface area contributed by atoms with Gasteiger partial charge in [-0.2, -0.15) is 0 Å². The third-order valence-corrected chi connectivity index (χ3v) is 6.15. The first kappa shape index (κ1) is 23.0. The molecule has 2 fully saturated rings. The molecule has 3 rings (SSSR count). The van der Waals surface area contributed by atoms with Gasteiger partial charge in [0.2, 0.25) is 0 Å². The average Bonchev–Trinajstić information content (AvgIpc) is 2.73. The van der Waals surface area contributed by atoms with Crippen LogP contribution < -0.4 is 10.6 Å². The summed E-state index contributed by atoms with van der Waals surface area (Å²) in [7, 11) is 1.87. The van der Waals surface area contributed by atoms with E-state index in [-0.39, 0.29) is 0 Å². The fourth-order valence-electron chi connectivity index (χ4n) is 4.72. The highest BCUT2D eigenvalue weighted by Crippen LogP contribution is 2.17. The summed E-state index contributed by atoms with van der Waals surface area (Å²) in [6, 6.07) is 9.26. The number of guanidine groups is 1. The van der Waals surface area contributed by atoms with Crippen LogP contribution in [0.3, 0.4) is 0 Å². The molecule has 30 heavy (non-hydrogen) atoms. The number of hydrogen-bond donors (Lipinski definition) is 2. The van der Waals surface area contributed by atoms with Crippen molar-refractivity contribution in [3.05, 3.63) is 35.4 Å². The molecule has 2 aliphatic heterocycles. The van der Waals surface area contributed by atoms with Crippen LogP contribution in [0.1, 0.15) is 51.2 Å². The predicted molar refractivity (Wildman–Crippen MR) is 125 cm³/mol. The summed E-state index contributed by atoms with van der Waals surface area (Å²) >= 11 is 0. The number of morpholine rings is 1. The van der Waals surface area contributed by atoms with Crippen molar-refractivity contribution in [2.75, 3.05) is 39.8 Å². The Morgan fingerprint density at radius 2 is 1.73 bits per heavy atom. The molecule has 0 spiro atoms. The number of rotatable bonds is 7. The molecule has 2 unspecified atom stereocenters. The molecule has 6 heteroatoms. The van der Waals surface area contributed by atoms with Crippen LogP contribution in [0, 0.1) is 0 Å². The summed E-state index contributed by atoms with van der Waals surface area (Å²) < 4.78 is 5.89. The monoisotopic (exact) mass is 415 g/mol. The maximum atomic E-state index is 5.89. The topological polar surface area (TPSA) is 52.1 Å². The first-order valence-corrected chi connectivity index (χ1v) is 11.7. The Bertz CT molecular complexity index is 661. The lowest BCUT2D eigenvalue weighted by Gasteiger charge is -2.35. The van der Waals surface area contributed by atoms with Crippen molar-refractivity contribution in [3.63, 3.8) is 0 Å². The molecule has 2 N–H and O–H groups in total. The van der Waals surface area contributed by atoms with E-state index in [0.29, 0.717) is 18.2 Å². The Labute approximate surface area is 183 Å². The molecule has 2 saturated heterocycles. The maximum Gasteiger partial charge on any atom is 0.191 e.